The summed E-state index contributed by atoms with van der Waals surface area (Å²) in [6.07, 6.45) is 3.42. The van der Waals surface area contributed by atoms with Crippen molar-refractivity contribution in [3.63, 3.8) is 0 Å². The first-order valence-corrected chi connectivity index (χ1v) is 8.95. The Balaban J connectivity index is 1.79. The number of hydrogen-bond acceptors (Lipinski definition) is 5. The Bertz CT molecular complexity index is 913. The quantitative estimate of drug-likeness (QED) is 0.726. The number of nitrogens with one attached hydrogen (secondary N) is 1. The molecule has 2 heterocycles. The molecule has 0 atom stereocenters. The molecule has 138 valence electrons. The Kier molecular flexibility index (Phi) is 5.76. The van der Waals surface area contributed by atoms with Crippen molar-refractivity contribution in [2.45, 2.75) is 20.8 Å². The molecule has 0 radical (unpaired) electrons. The summed E-state index contributed by atoms with van der Waals surface area (Å²) in [5, 5.41) is 3.19. The second-order valence-corrected chi connectivity index (χ2v) is 6.17. The molecule has 0 fully saturated rings. The number of aromatic nitrogens is 3. The van der Waals surface area contributed by atoms with Gasteiger partial charge in [-0.2, -0.15) is 0 Å². The van der Waals surface area contributed by atoms with Crippen LogP contribution in [0.2, 0.25) is 0 Å². The molecule has 6 nitrogen and oxygen atoms in total. The van der Waals surface area contributed by atoms with Gasteiger partial charge in [0.25, 0.3) is 0 Å². The van der Waals surface area contributed by atoms with Crippen molar-refractivity contribution < 1.29 is 4.79 Å². The molecular formula is C21H23N5O. The number of benzene rings is 1. The molecule has 1 aromatic carbocycles. The Hall–Kier alpha value is -3.28. The molecule has 0 saturated carbocycles. The first-order valence-electron chi connectivity index (χ1n) is 8.95. The van der Waals surface area contributed by atoms with E-state index in [-0.39, 0.29) is 12.5 Å². The fourth-order valence-electron chi connectivity index (χ4n) is 2.80. The van der Waals surface area contributed by atoms with Gasteiger partial charge in [-0.3, -0.25) is 9.78 Å². The van der Waals surface area contributed by atoms with Gasteiger partial charge in [0.2, 0.25) is 5.91 Å². The van der Waals surface area contributed by atoms with Gasteiger partial charge in [-0.15, -0.1) is 0 Å². The monoisotopic (exact) mass is 361 g/mol. The molecule has 0 aliphatic rings. The second kappa shape index (κ2) is 8.40. The van der Waals surface area contributed by atoms with Crippen LogP contribution < -0.4 is 10.2 Å². The molecule has 0 aliphatic heterocycles. The topological polar surface area (TPSA) is 71.0 Å². The maximum absolute atomic E-state index is 12.7. The fourth-order valence-corrected chi connectivity index (χ4v) is 2.80. The van der Waals surface area contributed by atoms with Crippen LogP contribution in [0.5, 0.6) is 0 Å². The van der Waals surface area contributed by atoms with Crippen molar-refractivity contribution >= 4 is 17.4 Å². The maximum atomic E-state index is 12.7. The van der Waals surface area contributed by atoms with Crippen molar-refractivity contribution in [2.24, 2.45) is 0 Å². The summed E-state index contributed by atoms with van der Waals surface area (Å²) < 4.78 is 0. The van der Waals surface area contributed by atoms with Gasteiger partial charge in [-0.1, -0.05) is 18.2 Å². The van der Waals surface area contributed by atoms with Crippen LogP contribution in [0.1, 0.15) is 18.2 Å². The number of amides is 1. The van der Waals surface area contributed by atoms with E-state index in [1.165, 1.54) is 0 Å². The van der Waals surface area contributed by atoms with Gasteiger partial charge in [-0.25, -0.2) is 9.97 Å². The second-order valence-electron chi connectivity index (χ2n) is 6.17. The van der Waals surface area contributed by atoms with Crippen LogP contribution in [0, 0.1) is 13.8 Å². The number of anilines is 2. The van der Waals surface area contributed by atoms with Crippen LogP contribution in [0.15, 0.2) is 54.9 Å². The van der Waals surface area contributed by atoms with Crippen LogP contribution in [0.3, 0.4) is 0 Å². The van der Waals surface area contributed by atoms with Gasteiger partial charge in [-0.05, 0) is 45.0 Å². The number of hydrogen-bond donors (Lipinski definition) is 1. The standard InChI is InChI=1S/C21H23N5O/c1-4-26(18-8-6-5-7-9-18)19(27)14-23-20-15(2)16(3)24-21(25-20)17-10-12-22-13-11-17/h5-13H,4,14H2,1-3H3,(H,23,24,25). The molecule has 0 aliphatic carbocycles. The molecule has 6 heteroatoms. The number of para-hydroxylation sites is 1. The molecule has 0 saturated heterocycles. The van der Waals surface area contributed by atoms with E-state index in [0.717, 1.165) is 22.5 Å². The summed E-state index contributed by atoms with van der Waals surface area (Å²) in [5.74, 6) is 1.28. The van der Waals surface area contributed by atoms with Crippen LogP contribution >= 0.6 is 0 Å². The zero-order valence-electron chi connectivity index (χ0n) is 15.8. The van der Waals surface area contributed by atoms with Gasteiger partial charge < -0.3 is 10.2 Å². The van der Waals surface area contributed by atoms with Crippen molar-refractivity contribution in [2.75, 3.05) is 23.3 Å². The molecule has 3 aromatic rings. The van der Waals surface area contributed by atoms with E-state index in [2.05, 4.69) is 20.3 Å². The Morgan fingerprint density at radius 3 is 2.41 bits per heavy atom. The molecule has 2 aromatic heterocycles. The normalized spacial score (nSPS) is 10.5. The molecule has 0 unspecified atom stereocenters. The third-order valence-corrected chi connectivity index (χ3v) is 4.42. The highest BCUT2D eigenvalue weighted by atomic mass is 16.2. The lowest BCUT2D eigenvalue weighted by Gasteiger charge is -2.21. The summed E-state index contributed by atoms with van der Waals surface area (Å²) in [6, 6.07) is 13.4. The Morgan fingerprint density at radius 2 is 1.74 bits per heavy atom. The van der Waals surface area contributed by atoms with Gasteiger partial charge in [0.05, 0.1) is 6.54 Å². The minimum Gasteiger partial charge on any atom is -0.361 e. The van der Waals surface area contributed by atoms with Gasteiger partial charge in [0.15, 0.2) is 5.82 Å². The van der Waals surface area contributed by atoms with E-state index >= 15 is 0 Å². The third kappa shape index (κ3) is 4.28. The number of nitrogens with zero attached hydrogens (tertiary/aromatic N) is 4. The third-order valence-electron chi connectivity index (χ3n) is 4.42. The van der Waals surface area contributed by atoms with E-state index in [4.69, 9.17) is 0 Å². The summed E-state index contributed by atoms with van der Waals surface area (Å²) in [5.41, 5.74) is 3.59. The van der Waals surface area contributed by atoms with Gasteiger partial charge in [0.1, 0.15) is 5.82 Å². The summed E-state index contributed by atoms with van der Waals surface area (Å²) in [7, 11) is 0. The van der Waals surface area contributed by atoms with E-state index in [9.17, 15) is 4.79 Å². The summed E-state index contributed by atoms with van der Waals surface area (Å²) >= 11 is 0. The number of carbonyl (C=O) groups excluding carboxylic acids is 1. The van der Waals surface area contributed by atoms with E-state index in [0.29, 0.717) is 18.2 Å². The highest BCUT2D eigenvalue weighted by molar-refractivity contribution is 5.96. The van der Waals surface area contributed by atoms with Crippen LogP contribution in [-0.2, 0) is 4.79 Å². The zero-order valence-corrected chi connectivity index (χ0v) is 15.8. The van der Waals surface area contributed by atoms with Crippen molar-refractivity contribution in [1.82, 2.24) is 15.0 Å². The Morgan fingerprint density at radius 1 is 1.04 bits per heavy atom. The average molecular weight is 361 g/mol. The van der Waals surface area contributed by atoms with Crippen LogP contribution in [0.25, 0.3) is 11.4 Å². The minimum absolute atomic E-state index is 0.00942. The molecule has 0 spiro atoms. The lowest BCUT2D eigenvalue weighted by Crippen LogP contribution is -2.35. The molecule has 0 bridgehead atoms. The van der Waals surface area contributed by atoms with Gasteiger partial charge >= 0.3 is 0 Å². The minimum atomic E-state index is -0.00942. The summed E-state index contributed by atoms with van der Waals surface area (Å²) in [4.78, 5) is 27.7. The highest BCUT2D eigenvalue weighted by Crippen LogP contribution is 2.21. The number of carbonyl (C=O) groups is 1. The van der Waals surface area contributed by atoms with Crippen molar-refractivity contribution in [3.8, 4) is 11.4 Å². The van der Waals surface area contributed by atoms with Crippen molar-refractivity contribution in [3.05, 3.63) is 66.1 Å². The fraction of sp³-hybridized carbons (Fsp3) is 0.238. The average Bonchev–Trinajstić information content (AvgIpc) is 2.71. The SMILES string of the molecule is CCN(C(=O)CNc1nc(-c2ccncc2)nc(C)c1C)c1ccccc1. The van der Waals surface area contributed by atoms with Crippen LogP contribution in [0.4, 0.5) is 11.5 Å². The van der Waals surface area contributed by atoms with Crippen LogP contribution in [-0.4, -0.2) is 33.9 Å². The molecule has 27 heavy (non-hydrogen) atoms. The molecular weight excluding hydrogens is 338 g/mol. The number of aryl methyl sites for hydroxylation is 1. The number of rotatable bonds is 6. The first-order chi connectivity index (χ1) is 13.1. The Labute approximate surface area is 159 Å². The number of pyridine rings is 1. The smallest absolute Gasteiger partial charge is 0.246 e. The van der Waals surface area contributed by atoms with E-state index < -0.39 is 0 Å². The molecule has 1 amide bonds. The molecule has 3 rings (SSSR count). The largest absolute Gasteiger partial charge is 0.361 e. The van der Waals surface area contributed by atoms with E-state index in [1.54, 1.807) is 17.3 Å². The lowest BCUT2D eigenvalue weighted by molar-refractivity contribution is -0.116. The highest BCUT2D eigenvalue weighted by Gasteiger charge is 2.15. The zero-order chi connectivity index (χ0) is 19.2. The predicted molar refractivity (Wildman–Crippen MR) is 108 cm³/mol. The van der Waals surface area contributed by atoms with Gasteiger partial charge in [0, 0.05) is 41.4 Å². The maximum Gasteiger partial charge on any atom is 0.246 e. The lowest BCUT2D eigenvalue weighted by atomic mass is 10.2. The molecule has 1 N–H and O–H groups in total. The van der Waals surface area contributed by atoms with Crippen molar-refractivity contribution in [1.29, 1.82) is 0 Å². The predicted octanol–water partition coefficient (Wildman–Crippen LogP) is 3.62. The van der Waals surface area contributed by atoms with E-state index in [1.807, 2.05) is 63.2 Å². The number of likely N-dealkylation sites (N-methyl/N-ethyl adjacent to an activating group) is 1. The first kappa shape index (κ1) is 18.5. The summed E-state index contributed by atoms with van der Waals surface area (Å²) in [6.45, 7) is 6.63.